The van der Waals surface area contributed by atoms with E-state index in [0.29, 0.717) is 27.4 Å². The maximum atomic E-state index is 12.6. The Balaban J connectivity index is 1.69. The van der Waals surface area contributed by atoms with Gasteiger partial charge in [-0.2, -0.15) is 0 Å². The smallest absolute Gasteiger partial charge is 0.259 e. The Morgan fingerprint density at radius 2 is 1.82 bits per heavy atom. The summed E-state index contributed by atoms with van der Waals surface area (Å²) in [5.41, 5.74) is 2.31. The molecule has 140 valence electrons. The minimum atomic E-state index is -0.210. The highest BCUT2D eigenvalue weighted by molar-refractivity contribution is 7.22. The van der Waals surface area contributed by atoms with Gasteiger partial charge in [-0.05, 0) is 42.3 Å². The molecule has 2 heterocycles. The molecule has 0 aliphatic carbocycles. The molecule has 5 nitrogen and oxygen atoms in total. The lowest BCUT2D eigenvalue weighted by Crippen LogP contribution is -2.15. The van der Waals surface area contributed by atoms with E-state index in [-0.39, 0.29) is 17.8 Å². The van der Waals surface area contributed by atoms with Crippen LogP contribution in [-0.2, 0) is 6.42 Å². The molecule has 28 heavy (non-hydrogen) atoms. The molecule has 0 atom stereocenters. The second-order valence-electron chi connectivity index (χ2n) is 6.44. The van der Waals surface area contributed by atoms with Gasteiger partial charge in [0, 0.05) is 10.4 Å². The molecule has 0 bridgehead atoms. The lowest BCUT2D eigenvalue weighted by Gasteiger charge is -2.03. The summed E-state index contributed by atoms with van der Waals surface area (Å²) in [5.74, 6) is 0.952. The van der Waals surface area contributed by atoms with Crippen LogP contribution in [0.2, 0.25) is 0 Å². The molecular formula is C22H18N2O3S. The van der Waals surface area contributed by atoms with Crippen molar-refractivity contribution in [3.8, 4) is 16.2 Å². The Kier molecular flexibility index (Phi) is 4.79. The Morgan fingerprint density at radius 1 is 1.11 bits per heavy atom. The van der Waals surface area contributed by atoms with Crippen molar-refractivity contribution in [3.63, 3.8) is 0 Å². The summed E-state index contributed by atoms with van der Waals surface area (Å²) >= 11 is 1.47. The lowest BCUT2D eigenvalue weighted by molar-refractivity contribution is 0.0991. The summed E-state index contributed by atoms with van der Waals surface area (Å²) < 4.78 is 5.11. The first kappa shape index (κ1) is 18.1. The zero-order chi connectivity index (χ0) is 19.7. The average molecular weight is 390 g/mol. The van der Waals surface area contributed by atoms with E-state index in [1.54, 1.807) is 31.4 Å². The van der Waals surface area contributed by atoms with E-state index in [0.717, 1.165) is 16.0 Å². The topological polar surface area (TPSA) is 72.0 Å². The molecule has 0 radical (unpaired) electrons. The molecule has 0 spiro atoms. The van der Waals surface area contributed by atoms with Crippen molar-refractivity contribution in [2.75, 3.05) is 7.11 Å². The second-order valence-corrected chi connectivity index (χ2v) is 7.44. The summed E-state index contributed by atoms with van der Waals surface area (Å²) in [7, 11) is 1.58. The fraction of sp³-hybridized carbons (Fsp3) is 0.136. The zero-order valence-electron chi connectivity index (χ0n) is 15.5. The number of aromatic amines is 1. The number of rotatable bonds is 5. The number of hydrogen-bond donors (Lipinski definition) is 1. The van der Waals surface area contributed by atoms with Crippen LogP contribution in [0, 0.1) is 6.92 Å². The molecule has 6 heteroatoms. The van der Waals surface area contributed by atoms with Gasteiger partial charge in [-0.15, -0.1) is 11.3 Å². The number of carbonyl (C=O) groups excluding carboxylic acids is 1. The van der Waals surface area contributed by atoms with Gasteiger partial charge >= 0.3 is 0 Å². The average Bonchev–Trinajstić information content (AvgIpc) is 3.05. The summed E-state index contributed by atoms with van der Waals surface area (Å²) in [6.07, 6.45) is 0.0368. The molecule has 4 rings (SSSR count). The van der Waals surface area contributed by atoms with Crippen molar-refractivity contribution in [1.82, 2.24) is 9.97 Å². The van der Waals surface area contributed by atoms with E-state index >= 15 is 0 Å². The number of nitrogens with zero attached hydrogens (tertiary/aromatic N) is 1. The van der Waals surface area contributed by atoms with Crippen molar-refractivity contribution < 1.29 is 9.53 Å². The van der Waals surface area contributed by atoms with Gasteiger partial charge in [0.25, 0.3) is 5.56 Å². The monoisotopic (exact) mass is 390 g/mol. The fourth-order valence-corrected chi connectivity index (χ4v) is 4.37. The number of fused-ring (bicyclic) bond motifs is 1. The Labute approximate surface area is 165 Å². The predicted octanol–water partition coefficient (Wildman–Crippen LogP) is 4.39. The number of carbonyl (C=O) groups is 1. The number of aryl methyl sites for hydroxylation is 1. The highest BCUT2D eigenvalue weighted by atomic mass is 32.1. The summed E-state index contributed by atoms with van der Waals surface area (Å²) in [4.78, 5) is 34.2. The largest absolute Gasteiger partial charge is 0.497 e. The number of H-pyrrole nitrogens is 1. The van der Waals surface area contributed by atoms with Gasteiger partial charge in [-0.3, -0.25) is 9.59 Å². The Morgan fingerprint density at radius 3 is 2.50 bits per heavy atom. The number of Topliss-reactive ketones (excluding diaryl/α,β-unsaturated/α-hetero) is 1. The molecule has 0 fully saturated rings. The number of benzene rings is 2. The van der Waals surface area contributed by atoms with Crippen LogP contribution in [0.3, 0.4) is 0 Å². The first-order valence-electron chi connectivity index (χ1n) is 8.82. The molecule has 0 saturated heterocycles. The maximum Gasteiger partial charge on any atom is 0.259 e. The highest BCUT2D eigenvalue weighted by Gasteiger charge is 2.17. The van der Waals surface area contributed by atoms with E-state index in [1.165, 1.54) is 11.3 Å². The normalized spacial score (nSPS) is 10.9. The summed E-state index contributed by atoms with van der Waals surface area (Å²) in [5, 5.41) is 0.587. The third-order valence-electron chi connectivity index (χ3n) is 4.63. The second kappa shape index (κ2) is 7.40. The van der Waals surface area contributed by atoms with Crippen LogP contribution in [-0.4, -0.2) is 22.9 Å². The summed E-state index contributed by atoms with van der Waals surface area (Å²) in [6, 6.07) is 16.8. The number of aromatic nitrogens is 2. The van der Waals surface area contributed by atoms with Gasteiger partial charge in [-0.1, -0.05) is 30.3 Å². The minimum absolute atomic E-state index is 0.0368. The van der Waals surface area contributed by atoms with Crippen LogP contribution in [0.4, 0.5) is 0 Å². The number of hydrogen-bond acceptors (Lipinski definition) is 5. The van der Waals surface area contributed by atoms with Crippen LogP contribution in [0.1, 0.15) is 21.7 Å². The van der Waals surface area contributed by atoms with Crippen LogP contribution >= 0.6 is 11.3 Å². The van der Waals surface area contributed by atoms with E-state index < -0.39 is 0 Å². The number of ether oxygens (including phenoxy) is 1. The highest BCUT2D eigenvalue weighted by Crippen LogP contribution is 2.35. The molecule has 0 aliphatic rings. The third-order valence-corrected chi connectivity index (χ3v) is 5.86. The van der Waals surface area contributed by atoms with Crippen LogP contribution in [0.15, 0.2) is 59.4 Å². The van der Waals surface area contributed by atoms with Crippen molar-refractivity contribution >= 4 is 27.3 Å². The number of nitrogens with one attached hydrogen (secondary N) is 1. The van der Waals surface area contributed by atoms with Crippen molar-refractivity contribution in [2.45, 2.75) is 13.3 Å². The number of thiophene rings is 1. The van der Waals surface area contributed by atoms with Crippen LogP contribution in [0.5, 0.6) is 5.75 Å². The van der Waals surface area contributed by atoms with Gasteiger partial charge in [0.2, 0.25) is 0 Å². The van der Waals surface area contributed by atoms with Crippen molar-refractivity contribution in [3.05, 3.63) is 81.9 Å². The molecule has 0 saturated carbocycles. The molecule has 0 unspecified atom stereocenters. The van der Waals surface area contributed by atoms with Gasteiger partial charge < -0.3 is 9.72 Å². The van der Waals surface area contributed by atoms with Crippen LogP contribution in [0.25, 0.3) is 20.7 Å². The van der Waals surface area contributed by atoms with E-state index in [4.69, 9.17) is 4.74 Å². The quantitative estimate of drug-likeness (QED) is 0.513. The van der Waals surface area contributed by atoms with Crippen molar-refractivity contribution in [1.29, 1.82) is 0 Å². The van der Waals surface area contributed by atoms with E-state index in [2.05, 4.69) is 9.97 Å². The Hall–Kier alpha value is -3.25. The SMILES string of the molecule is COc1ccc(C(=O)Cc2nc3sc(-c4ccccc4)c(C)c3c(=O)[nH]2)cc1. The van der Waals surface area contributed by atoms with Gasteiger partial charge in [0.1, 0.15) is 16.4 Å². The Bertz CT molecular complexity index is 1210. The molecule has 0 aliphatic heterocycles. The van der Waals surface area contributed by atoms with Crippen LogP contribution < -0.4 is 10.3 Å². The van der Waals surface area contributed by atoms with Gasteiger partial charge in [-0.25, -0.2) is 4.98 Å². The standard InChI is InChI=1S/C22H18N2O3S/c1-13-19-21(26)23-18(12-17(25)14-8-10-16(27-2)11-9-14)24-22(19)28-20(13)15-6-4-3-5-7-15/h3-11H,12H2,1-2H3,(H,23,24,26). The lowest BCUT2D eigenvalue weighted by atomic mass is 10.1. The summed E-state index contributed by atoms with van der Waals surface area (Å²) in [6.45, 7) is 1.93. The molecule has 0 amide bonds. The first-order chi connectivity index (χ1) is 13.6. The zero-order valence-corrected chi connectivity index (χ0v) is 16.3. The first-order valence-corrected chi connectivity index (χ1v) is 9.63. The van der Waals surface area contributed by atoms with E-state index in [1.807, 2.05) is 37.3 Å². The number of ketones is 1. The van der Waals surface area contributed by atoms with Gasteiger partial charge in [0.05, 0.1) is 18.9 Å². The van der Waals surface area contributed by atoms with Gasteiger partial charge in [0.15, 0.2) is 5.78 Å². The van der Waals surface area contributed by atoms with Crippen molar-refractivity contribution in [2.24, 2.45) is 0 Å². The molecule has 2 aromatic carbocycles. The minimum Gasteiger partial charge on any atom is -0.497 e. The molecule has 1 N–H and O–H groups in total. The number of methoxy groups -OCH3 is 1. The maximum absolute atomic E-state index is 12.6. The molecule has 2 aromatic heterocycles. The third kappa shape index (κ3) is 3.34. The van der Waals surface area contributed by atoms with E-state index in [9.17, 15) is 9.59 Å². The molecule has 4 aromatic rings. The predicted molar refractivity (Wildman–Crippen MR) is 111 cm³/mol. The molecular weight excluding hydrogens is 372 g/mol. The fourth-order valence-electron chi connectivity index (χ4n) is 3.17.